The number of carboxylic acids is 1. The third-order valence-corrected chi connectivity index (χ3v) is 1.17. The molecule has 1 atom stereocenters. The van der Waals surface area contributed by atoms with Crippen molar-refractivity contribution < 1.29 is 44.3 Å². The van der Waals surface area contributed by atoms with Crippen molar-refractivity contribution in [3.8, 4) is 0 Å². The quantitative estimate of drug-likeness (QED) is 0.431. The van der Waals surface area contributed by atoms with Crippen molar-refractivity contribution >= 4 is 11.9 Å². The van der Waals surface area contributed by atoms with Gasteiger partial charge in [0.15, 0.2) is 0 Å². The molecule has 0 rings (SSSR count). The van der Waals surface area contributed by atoms with E-state index in [0.29, 0.717) is 0 Å². The zero-order valence-electron chi connectivity index (χ0n) is 7.01. The molecular weight excluding hydrogens is 157 g/mol. The molecule has 0 bridgehead atoms. The van der Waals surface area contributed by atoms with Gasteiger partial charge in [-0.25, -0.2) is 0 Å². The normalized spacial score (nSPS) is 11.1. The fourth-order valence-electron chi connectivity index (χ4n) is 0.463. The summed E-state index contributed by atoms with van der Waals surface area (Å²) >= 11 is 0. The van der Waals surface area contributed by atoms with Crippen LogP contribution >= 0.6 is 0 Å². The number of hydrogen-bond donors (Lipinski definition) is 1. The van der Waals surface area contributed by atoms with Crippen molar-refractivity contribution in [3.63, 3.8) is 0 Å². The standard InChI is InChI=1S/C6H11NO3.Na/c1-4(6(9)10)3-5(8)7-2;/h4H,3H2,1-2H3,(H,7,8)(H,9,10);/q;+1/p-1. The second-order valence-corrected chi connectivity index (χ2v) is 2.10. The van der Waals surface area contributed by atoms with Crippen molar-refractivity contribution in [2.45, 2.75) is 13.3 Å². The Balaban J connectivity index is 0. The predicted octanol–water partition coefficient (Wildman–Crippen LogP) is -4.49. The molecule has 0 aliphatic carbocycles. The predicted molar refractivity (Wildman–Crippen MR) is 32.9 cm³/mol. The summed E-state index contributed by atoms with van der Waals surface area (Å²) < 4.78 is 0. The summed E-state index contributed by atoms with van der Waals surface area (Å²) in [6.07, 6.45) is -0.0150. The Morgan fingerprint density at radius 2 is 2.00 bits per heavy atom. The number of aliphatic carboxylic acids is 1. The first-order valence-corrected chi connectivity index (χ1v) is 2.99. The topological polar surface area (TPSA) is 69.2 Å². The maximum atomic E-state index is 10.5. The van der Waals surface area contributed by atoms with Gasteiger partial charge in [0.05, 0.1) is 0 Å². The van der Waals surface area contributed by atoms with Crippen LogP contribution in [0, 0.1) is 5.92 Å². The smallest absolute Gasteiger partial charge is 0.550 e. The van der Waals surface area contributed by atoms with Gasteiger partial charge in [0, 0.05) is 25.4 Å². The van der Waals surface area contributed by atoms with E-state index >= 15 is 0 Å². The van der Waals surface area contributed by atoms with Crippen LogP contribution in [0.25, 0.3) is 0 Å². The van der Waals surface area contributed by atoms with Crippen LogP contribution in [0.3, 0.4) is 0 Å². The molecule has 5 heteroatoms. The Bertz CT molecular complexity index is 149. The van der Waals surface area contributed by atoms with E-state index < -0.39 is 11.9 Å². The molecular formula is C6H10NNaO3. The Kier molecular flexibility index (Phi) is 8.16. The second kappa shape index (κ2) is 6.64. The van der Waals surface area contributed by atoms with Gasteiger partial charge >= 0.3 is 29.6 Å². The number of carboxylic acid groups (broad SMARTS) is 1. The third-order valence-electron chi connectivity index (χ3n) is 1.17. The van der Waals surface area contributed by atoms with E-state index in [2.05, 4.69) is 5.32 Å². The molecule has 0 fully saturated rings. The molecule has 0 saturated heterocycles. The van der Waals surface area contributed by atoms with Crippen LogP contribution in [-0.4, -0.2) is 18.9 Å². The largest absolute Gasteiger partial charge is 1.00 e. The molecule has 1 N–H and O–H groups in total. The molecule has 0 aromatic heterocycles. The fourth-order valence-corrected chi connectivity index (χ4v) is 0.463. The van der Waals surface area contributed by atoms with Crippen LogP contribution in [0.1, 0.15) is 13.3 Å². The first kappa shape index (κ1) is 13.5. The van der Waals surface area contributed by atoms with Crippen LogP contribution < -0.4 is 40.0 Å². The maximum Gasteiger partial charge on any atom is 1.00 e. The van der Waals surface area contributed by atoms with E-state index in [-0.39, 0.29) is 41.9 Å². The molecule has 0 heterocycles. The number of amides is 1. The summed E-state index contributed by atoms with van der Waals surface area (Å²) in [4.78, 5) is 20.6. The number of rotatable bonds is 3. The van der Waals surface area contributed by atoms with Gasteiger partial charge in [-0.3, -0.25) is 4.79 Å². The van der Waals surface area contributed by atoms with Gasteiger partial charge in [-0.2, -0.15) is 0 Å². The minimum Gasteiger partial charge on any atom is -0.550 e. The molecule has 58 valence electrons. The number of nitrogens with one attached hydrogen (secondary N) is 1. The molecule has 1 unspecified atom stereocenters. The van der Waals surface area contributed by atoms with Crippen LogP contribution in [-0.2, 0) is 9.59 Å². The summed E-state index contributed by atoms with van der Waals surface area (Å²) in [6, 6.07) is 0. The number of carbonyl (C=O) groups is 2. The molecule has 0 aromatic carbocycles. The third kappa shape index (κ3) is 6.34. The molecule has 0 aromatic rings. The molecule has 0 saturated carbocycles. The molecule has 11 heavy (non-hydrogen) atoms. The van der Waals surface area contributed by atoms with Gasteiger partial charge in [-0.1, -0.05) is 6.92 Å². The molecule has 0 aliphatic heterocycles. The zero-order chi connectivity index (χ0) is 8.15. The molecule has 4 nitrogen and oxygen atoms in total. The van der Waals surface area contributed by atoms with Crippen molar-refractivity contribution in [1.29, 1.82) is 0 Å². The first-order valence-electron chi connectivity index (χ1n) is 2.99. The average molecular weight is 167 g/mol. The second-order valence-electron chi connectivity index (χ2n) is 2.10. The fraction of sp³-hybridized carbons (Fsp3) is 0.667. The van der Waals surface area contributed by atoms with Gasteiger partial charge in [-0.05, 0) is 0 Å². The van der Waals surface area contributed by atoms with E-state index in [1.54, 1.807) is 0 Å². The van der Waals surface area contributed by atoms with Crippen molar-refractivity contribution in [2.24, 2.45) is 5.92 Å². The Labute approximate surface area is 87.6 Å². The summed E-state index contributed by atoms with van der Waals surface area (Å²) in [5.74, 6) is -2.18. The van der Waals surface area contributed by atoms with Crippen molar-refractivity contribution in [3.05, 3.63) is 0 Å². The van der Waals surface area contributed by atoms with Gasteiger partial charge in [0.1, 0.15) is 0 Å². The van der Waals surface area contributed by atoms with Crippen molar-refractivity contribution in [2.75, 3.05) is 7.05 Å². The molecule has 0 radical (unpaired) electrons. The van der Waals surface area contributed by atoms with E-state index in [1.165, 1.54) is 14.0 Å². The Hall–Kier alpha value is -0.0600. The summed E-state index contributed by atoms with van der Waals surface area (Å²) in [7, 11) is 1.46. The minimum atomic E-state index is -1.19. The van der Waals surface area contributed by atoms with Gasteiger partial charge in [-0.15, -0.1) is 0 Å². The maximum absolute atomic E-state index is 10.5. The summed E-state index contributed by atoms with van der Waals surface area (Å²) in [6.45, 7) is 1.44. The SMILES string of the molecule is CNC(=O)CC(C)C(=O)[O-].[Na+]. The van der Waals surface area contributed by atoms with Crippen LogP contribution in [0.2, 0.25) is 0 Å². The Morgan fingerprint density at radius 1 is 1.55 bits per heavy atom. The minimum absolute atomic E-state index is 0. The molecule has 0 spiro atoms. The van der Waals surface area contributed by atoms with Gasteiger partial charge in [0.2, 0.25) is 5.91 Å². The molecule has 1 amide bonds. The Morgan fingerprint density at radius 3 is 2.27 bits per heavy atom. The average Bonchev–Trinajstić information content (AvgIpc) is 1.87. The number of hydrogen-bond acceptors (Lipinski definition) is 3. The van der Waals surface area contributed by atoms with Gasteiger partial charge < -0.3 is 15.2 Å². The molecule has 0 aliphatic rings. The van der Waals surface area contributed by atoms with Crippen LogP contribution in [0.15, 0.2) is 0 Å². The van der Waals surface area contributed by atoms with E-state index in [1.807, 2.05) is 0 Å². The first-order chi connectivity index (χ1) is 4.57. The summed E-state index contributed by atoms with van der Waals surface area (Å²) in [5.41, 5.74) is 0. The van der Waals surface area contributed by atoms with Crippen LogP contribution in [0.5, 0.6) is 0 Å². The zero-order valence-corrected chi connectivity index (χ0v) is 9.01. The van der Waals surface area contributed by atoms with E-state index in [4.69, 9.17) is 0 Å². The number of carbonyl (C=O) groups excluding carboxylic acids is 2. The van der Waals surface area contributed by atoms with E-state index in [9.17, 15) is 14.7 Å². The van der Waals surface area contributed by atoms with Crippen LogP contribution in [0.4, 0.5) is 0 Å². The van der Waals surface area contributed by atoms with E-state index in [0.717, 1.165) is 0 Å². The van der Waals surface area contributed by atoms with Gasteiger partial charge in [0.25, 0.3) is 0 Å². The monoisotopic (exact) mass is 167 g/mol. The summed E-state index contributed by atoms with van der Waals surface area (Å²) in [5, 5.41) is 12.4. The van der Waals surface area contributed by atoms with Crippen molar-refractivity contribution in [1.82, 2.24) is 5.32 Å².